The lowest BCUT2D eigenvalue weighted by Gasteiger charge is -2.10. The first-order chi connectivity index (χ1) is 9.45. The summed E-state index contributed by atoms with van der Waals surface area (Å²) in [6.45, 7) is 0. The number of benzene rings is 3. The lowest BCUT2D eigenvalue weighted by Crippen LogP contribution is -2.10. The van der Waals surface area contributed by atoms with Gasteiger partial charge >= 0.3 is 0 Å². The molecular formula is C18H15N+. The maximum absolute atomic E-state index is 2.25. The topological polar surface area (TPSA) is 5.90 Å². The predicted octanol–water partition coefficient (Wildman–Crippen LogP) is 5.12. The largest absolute Gasteiger partial charge is 0.192 e. The molecule has 91 valence electrons. The standard InChI is InChI=1S/C18H15N/c1-4-10-16(11-5-1)19(17-12-6-2-7-13-17)18-14-8-3-9-15-18/h1-15H/q+1. The molecule has 0 atom stereocenters. The second kappa shape index (κ2) is 5.51. The van der Waals surface area contributed by atoms with Crippen LogP contribution in [0.15, 0.2) is 91.0 Å². The molecule has 0 aliphatic heterocycles. The molecule has 3 aromatic carbocycles. The Morgan fingerprint density at radius 1 is 0.368 bits per heavy atom. The molecule has 0 unspecified atom stereocenters. The van der Waals surface area contributed by atoms with Gasteiger partial charge in [0.05, 0.1) is 0 Å². The van der Waals surface area contributed by atoms with Crippen LogP contribution in [0.5, 0.6) is 0 Å². The second-order valence-corrected chi connectivity index (χ2v) is 4.34. The lowest BCUT2D eigenvalue weighted by molar-refractivity contribution is 0.931. The van der Waals surface area contributed by atoms with E-state index in [2.05, 4.69) is 77.7 Å². The van der Waals surface area contributed by atoms with Gasteiger partial charge in [-0.3, -0.25) is 0 Å². The van der Waals surface area contributed by atoms with Crippen LogP contribution in [-0.4, -0.2) is 0 Å². The summed E-state index contributed by atoms with van der Waals surface area (Å²) in [7, 11) is 0. The van der Waals surface area contributed by atoms with Crippen LogP contribution in [0.2, 0.25) is 0 Å². The third kappa shape index (κ3) is 2.56. The van der Waals surface area contributed by atoms with Crippen molar-refractivity contribution in [3.8, 4) is 0 Å². The quantitative estimate of drug-likeness (QED) is 0.565. The van der Waals surface area contributed by atoms with E-state index in [-0.39, 0.29) is 0 Å². The smallest absolute Gasteiger partial charge is 0.0618 e. The van der Waals surface area contributed by atoms with Crippen molar-refractivity contribution in [3.63, 3.8) is 0 Å². The van der Waals surface area contributed by atoms with Crippen molar-refractivity contribution in [2.45, 2.75) is 0 Å². The van der Waals surface area contributed by atoms with Crippen LogP contribution < -0.4 is 4.90 Å². The zero-order valence-corrected chi connectivity index (χ0v) is 10.6. The SMILES string of the molecule is c1ccc([N+](c2ccccc2)c2ccccc2)cc1. The van der Waals surface area contributed by atoms with Crippen LogP contribution in [0, 0.1) is 0 Å². The Morgan fingerprint density at radius 3 is 0.895 bits per heavy atom. The highest BCUT2D eigenvalue weighted by Crippen LogP contribution is 2.32. The molecule has 19 heavy (non-hydrogen) atoms. The summed E-state index contributed by atoms with van der Waals surface area (Å²) in [6.07, 6.45) is 0. The number of hydrogen-bond donors (Lipinski definition) is 0. The minimum atomic E-state index is 1.17. The van der Waals surface area contributed by atoms with Crippen molar-refractivity contribution in [2.75, 3.05) is 0 Å². The van der Waals surface area contributed by atoms with Crippen molar-refractivity contribution in [3.05, 3.63) is 91.0 Å². The summed E-state index contributed by atoms with van der Waals surface area (Å²) in [6, 6.07) is 31.3. The summed E-state index contributed by atoms with van der Waals surface area (Å²) in [5.41, 5.74) is 3.50. The fourth-order valence-electron chi connectivity index (χ4n) is 2.18. The maximum atomic E-state index is 2.25. The average Bonchev–Trinajstić information content (AvgIpc) is 2.51. The summed E-state index contributed by atoms with van der Waals surface area (Å²) in [5.74, 6) is 0. The van der Waals surface area contributed by atoms with Gasteiger partial charge in [0.1, 0.15) is 0 Å². The number of anilines is 3. The van der Waals surface area contributed by atoms with Crippen molar-refractivity contribution in [1.82, 2.24) is 4.90 Å². The third-order valence-corrected chi connectivity index (χ3v) is 3.04. The van der Waals surface area contributed by atoms with Gasteiger partial charge in [0.2, 0.25) is 0 Å². The predicted molar refractivity (Wildman–Crippen MR) is 80.4 cm³/mol. The van der Waals surface area contributed by atoms with Crippen LogP contribution in [0.3, 0.4) is 0 Å². The first-order valence-electron chi connectivity index (χ1n) is 6.40. The molecule has 0 heterocycles. The number of nitrogens with zero attached hydrogens (tertiary/aromatic N) is 1. The fourth-order valence-corrected chi connectivity index (χ4v) is 2.18. The van der Waals surface area contributed by atoms with E-state index in [4.69, 9.17) is 0 Å². The molecule has 1 heteroatoms. The number of para-hydroxylation sites is 3. The van der Waals surface area contributed by atoms with E-state index in [0.29, 0.717) is 0 Å². The van der Waals surface area contributed by atoms with Crippen molar-refractivity contribution in [2.24, 2.45) is 0 Å². The molecule has 1 radical (unpaired) electrons. The molecule has 1 nitrogen and oxygen atoms in total. The molecule has 3 rings (SSSR count). The molecule has 3 aromatic rings. The first-order valence-corrected chi connectivity index (χ1v) is 6.40. The molecular weight excluding hydrogens is 230 g/mol. The Bertz CT molecular complexity index is 524. The van der Waals surface area contributed by atoms with Gasteiger partial charge in [-0.2, -0.15) is 0 Å². The summed E-state index contributed by atoms with van der Waals surface area (Å²) >= 11 is 0. The van der Waals surface area contributed by atoms with E-state index in [1.165, 1.54) is 17.1 Å². The van der Waals surface area contributed by atoms with Gasteiger partial charge in [-0.05, 0) is 0 Å². The normalized spacial score (nSPS) is 10.6. The highest BCUT2D eigenvalue weighted by Gasteiger charge is 2.24. The first kappa shape index (κ1) is 11.7. The Hall–Kier alpha value is -2.38. The molecule has 0 fully saturated rings. The van der Waals surface area contributed by atoms with Crippen molar-refractivity contribution < 1.29 is 0 Å². The molecule has 0 saturated heterocycles. The van der Waals surface area contributed by atoms with E-state index in [0.717, 1.165) is 0 Å². The zero-order valence-electron chi connectivity index (χ0n) is 10.6. The Morgan fingerprint density at radius 2 is 0.632 bits per heavy atom. The Kier molecular flexibility index (Phi) is 3.39. The highest BCUT2D eigenvalue weighted by atomic mass is 15.1. The van der Waals surface area contributed by atoms with Gasteiger partial charge < -0.3 is 0 Å². The average molecular weight is 245 g/mol. The van der Waals surface area contributed by atoms with E-state index >= 15 is 0 Å². The molecule has 0 aromatic heterocycles. The molecule has 0 spiro atoms. The molecule has 0 bridgehead atoms. The van der Waals surface area contributed by atoms with Gasteiger partial charge in [-0.1, -0.05) is 59.5 Å². The Balaban J connectivity index is 2.12. The fraction of sp³-hybridized carbons (Fsp3) is 0. The monoisotopic (exact) mass is 245 g/mol. The van der Waals surface area contributed by atoms with Crippen molar-refractivity contribution in [1.29, 1.82) is 0 Å². The van der Waals surface area contributed by atoms with Crippen molar-refractivity contribution >= 4 is 17.1 Å². The van der Waals surface area contributed by atoms with Gasteiger partial charge in [0.15, 0.2) is 17.1 Å². The van der Waals surface area contributed by atoms with Crippen LogP contribution in [0.25, 0.3) is 0 Å². The highest BCUT2D eigenvalue weighted by molar-refractivity contribution is 5.64. The maximum Gasteiger partial charge on any atom is 0.192 e. The van der Waals surface area contributed by atoms with Gasteiger partial charge in [-0.25, -0.2) is 0 Å². The van der Waals surface area contributed by atoms with Crippen LogP contribution >= 0.6 is 0 Å². The van der Waals surface area contributed by atoms with E-state index < -0.39 is 0 Å². The van der Waals surface area contributed by atoms with Gasteiger partial charge in [0.25, 0.3) is 0 Å². The van der Waals surface area contributed by atoms with E-state index in [1.807, 2.05) is 18.2 Å². The summed E-state index contributed by atoms with van der Waals surface area (Å²) in [5, 5.41) is 0. The molecule has 0 aliphatic carbocycles. The van der Waals surface area contributed by atoms with E-state index in [9.17, 15) is 0 Å². The number of hydrogen-bond acceptors (Lipinski definition) is 1. The second-order valence-electron chi connectivity index (χ2n) is 4.34. The minimum Gasteiger partial charge on any atom is -0.0618 e. The molecule has 0 saturated carbocycles. The molecule has 0 amide bonds. The van der Waals surface area contributed by atoms with E-state index in [1.54, 1.807) is 0 Å². The molecule has 0 N–H and O–H groups in total. The number of rotatable bonds is 3. The van der Waals surface area contributed by atoms with Crippen LogP contribution in [-0.2, 0) is 0 Å². The van der Waals surface area contributed by atoms with Gasteiger partial charge in [-0.15, -0.1) is 0 Å². The lowest BCUT2D eigenvalue weighted by atomic mass is 10.2. The summed E-state index contributed by atoms with van der Waals surface area (Å²) in [4.78, 5) is 2.25. The van der Waals surface area contributed by atoms with Crippen LogP contribution in [0.4, 0.5) is 17.1 Å². The zero-order chi connectivity index (χ0) is 12.9. The van der Waals surface area contributed by atoms with Gasteiger partial charge in [0, 0.05) is 36.4 Å². The minimum absolute atomic E-state index is 1.17. The third-order valence-electron chi connectivity index (χ3n) is 3.04. The molecule has 0 aliphatic rings. The van der Waals surface area contributed by atoms with Crippen LogP contribution in [0.1, 0.15) is 0 Å². The Labute approximate surface area is 113 Å². The summed E-state index contributed by atoms with van der Waals surface area (Å²) < 4.78 is 0.